The lowest BCUT2D eigenvalue weighted by Crippen LogP contribution is -2.48. The number of amides is 1. The second-order valence-electron chi connectivity index (χ2n) is 11.5. The van der Waals surface area contributed by atoms with Crippen LogP contribution in [0.1, 0.15) is 52.0 Å². The number of fused-ring (bicyclic) bond motifs is 1. The van der Waals surface area contributed by atoms with Gasteiger partial charge in [-0.15, -0.1) is 0 Å². The van der Waals surface area contributed by atoms with Crippen molar-refractivity contribution in [1.82, 2.24) is 14.9 Å². The smallest absolute Gasteiger partial charge is 0.307 e. The monoisotopic (exact) mass is 563 g/mol. The molecule has 1 amide bonds. The van der Waals surface area contributed by atoms with Crippen molar-refractivity contribution in [1.29, 1.82) is 0 Å². The van der Waals surface area contributed by atoms with Gasteiger partial charge in [-0.25, -0.2) is 4.98 Å². The molecule has 2 aliphatic rings. The summed E-state index contributed by atoms with van der Waals surface area (Å²) in [6.45, 7) is 6.44. The maximum atomic E-state index is 12.6. The molecule has 40 heavy (non-hydrogen) atoms. The fraction of sp³-hybridized carbons (Fsp3) is 0.452. The summed E-state index contributed by atoms with van der Waals surface area (Å²) in [5.41, 5.74) is 4.00. The van der Waals surface area contributed by atoms with Crippen molar-refractivity contribution in [3.05, 3.63) is 53.1 Å². The molecule has 5 rings (SSSR count). The summed E-state index contributed by atoms with van der Waals surface area (Å²) in [6.07, 6.45) is 4.69. The van der Waals surface area contributed by atoms with Crippen LogP contribution in [-0.2, 0) is 9.59 Å². The number of nitrogens with one attached hydrogen (secondary N) is 1. The van der Waals surface area contributed by atoms with Crippen molar-refractivity contribution in [3.8, 4) is 17.1 Å². The van der Waals surface area contributed by atoms with Crippen LogP contribution in [0.3, 0.4) is 0 Å². The second kappa shape index (κ2) is 11.1. The topological polar surface area (TPSA) is 116 Å². The predicted molar refractivity (Wildman–Crippen MR) is 153 cm³/mol. The zero-order chi connectivity index (χ0) is 28.6. The number of carbonyl (C=O) groups is 2. The van der Waals surface area contributed by atoms with Gasteiger partial charge in [0, 0.05) is 37.6 Å². The first-order valence-electron chi connectivity index (χ1n) is 13.7. The van der Waals surface area contributed by atoms with E-state index in [-0.39, 0.29) is 30.5 Å². The van der Waals surface area contributed by atoms with E-state index in [2.05, 4.69) is 17.1 Å². The Bertz CT molecular complexity index is 1440. The minimum absolute atomic E-state index is 0.0358. The Morgan fingerprint density at radius 2 is 1.88 bits per heavy atom. The predicted octanol–water partition coefficient (Wildman–Crippen LogP) is 5.39. The molecule has 0 bridgehead atoms. The van der Waals surface area contributed by atoms with Gasteiger partial charge in [0.1, 0.15) is 6.10 Å². The van der Waals surface area contributed by atoms with Crippen LogP contribution in [0.5, 0.6) is 5.88 Å². The van der Waals surface area contributed by atoms with Crippen LogP contribution < -0.4 is 4.74 Å². The number of aromatic amines is 1. The van der Waals surface area contributed by atoms with Gasteiger partial charge < -0.3 is 24.8 Å². The number of pyridine rings is 1. The highest BCUT2D eigenvalue weighted by atomic mass is 35.5. The molecular weight excluding hydrogens is 530 g/mol. The average Bonchev–Trinajstić information content (AvgIpc) is 3.33. The Morgan fingerprint density at radius 3 is 2.50 bits per heavy atom. The Kier molecular flexibility index (Phi) is 7.80. The molecule has 9 heteroatoms. The lowest BCUT2D eigenvalue weighted by Gasteiger charge is -2.36. The van der Waals surface area contributed by atoms with E-state index in [1.54, 1.807) is 18.7 Å². The van der Waals surface area contributed by atoms with Gasteiger partial charge in [0.25, 0.3) is 0 Å². The number of carbonyl (C=O) groups excluding carboxylic acids is 1. The second-order valence-corrected chi connectivity index (χ2v) is 11.9. The van der Waals surface area contributed by atoms with Crippen LogP contribution >= 0.6 is 11.6 Å². The van der Waals surface area contributed by atoms with Crippen LogP contribution in [0.2, 0.25) is 5.02 Å². The van der Waals surface area contributed by atoms with Crippen LogP contribution in [0.15, 0.2) is 30.3 Å². The number of rotatable bonds is 7. The molecule has 1 aliphatic carbocycles. The molecule has 2 aromatic heterocycles. The maximum absolute atomic E-state index is 12.6. The molecule has 2 unspecified atom stereocenters. The number of ether oxygens (including phenoxy) is 1. The molecule has 3 N–H and O–H groups in total. The van der Waals surface area contributed by atoms with Gasteiger partial charge in [0.2, 0.25) is 5.91 Å². The molecule has 1 saturated heterocycles. The summed E-state index contributed by atoms with van der Waals surface area (Å²) in [4.78, 5) is 33.9. The molecular formula is C31H34ClN3O5. The van der Waals surface area contributed by atoms with Gasteiger partial charge >= 0.3 is 5.97 Å². The molecule has 210 valence electrons. The van der Waals surface area contributed by atoms with Gasteiger partial charge in [-0.1, -0.05) is 36.7 Å². The van der Waals surface area contributed by atoms with Crippen molar-refractivity contribution in [2.24, 2.45) is 17.3 Å². The van der Waals surface area contributed by atoms with Gasteiger partial charge in [0.05, 0.1) is 45.3 Å². The number of aliphatic hydroxyl groups is 1. The maximum Gasteiger partial charge on any atom is 0.307 e. The zero-order valence-electron chi connectivity index (χ0n) is 23.0. The fourth-order valence-corrected chi connectivity index (χ4v) is 5.74. The highest BCUT2D eigenvalue weighted by molar-refractivity contribution is 6.33. The number of aromatic nitrogens is 2. The zero-order valence-corrected chi connectivity index (χ0v) is 23.7. The lowest BCUT2D eigenvalue weighted by atomic mass is 9.80. The van der Waals surface area contributed by atoms with Crippen LogP contribution in [0.4, 0.5) is 0 Å². The number of allylic oxidation sites excluding steroid dienone is 2. The van der Waals surface area contributed by atoms with E-state index < -0.39 is 11.4 Å². The standard InChI is InChI=1S/C31H34ClN3O5/c1-18-14-21(8-9-23(18)29(37)38)19-4-6-20(7-5-19)28-24(32)15-25-26(34-28)16-27(33-25)40-22-10-12-35(13-11-22)30(39)31(2,3)17-36/h4,6,14-16,18,22-23,33,36H,8-13,17H2,1-3H3,(H,37,38). The number of H-pyrrole nitrogens is 1. The number of carboxylic acids is 1. The summed E-state index contributed by atoms with van der Waals surface area (Å²) in [5, 5.41) is 19.4. The SMILES string of the molecule is CC1C=C(c2c#cc(-c3nc4cc(OC5CCN(C(=O)C(C)(C)CO)CC5)[nH]c4cc3Cl)cc2)CCC1C(=O)O. The number of nitrogens with zero attached hydrogens (tertiary/aromatic N) is 2. The third-order valence-corrected chi connectivity index (χ3v) is 8.31. The van der Waals surface area contributed by atoms with Gasteiger partial charge in [-0.05, 0) is 56.4 Å². The largest absolute Gasteiger partial charge is 0.481 e. The molecule has 1 fully saturated rings. The van der Waals surface area contributed by atoms with E-state index in [1.165, 1.54) is 0 Å². The van der Waals surface area contributed by atoms with Gasteiger partial charge in [-0.3, -0.25) is 9.59 Å². The van der Waals surface area contributed by atoms with Crippen molar-refractivity contribution in [2.75, 3.05) is 19.7 Å². The fourth-order valence-electron chi connectivity index (χ4n) is 5.48. The molecule has 3 aromatic rings. The van der Waals surface area contributed by atoms with E-state index in [4.69, 9.17) is 21.3 Å². The normalized spacial score (nSPS) is 20.2. The minimum atomic E-state index is -0.777. The van der Waals surface area contributed by atoms with Crippen molar-refractivity contribution < 1.29 is 24.5 Å². The number of likely N-dealkylation sites (tertiary alicyclic amines) is 1. The summed E-state index contributed by atoms with van der Waals surface area (Å²) in [7, 11) is 0. The van der Waals surface area contributed by atoms with Gasteiger partial charge in [0.15, 0.2) is 5.88 Å². The summed E-state index contributed by atoms with van der Waals surface area (Å²) in [6, 6.07) is 13.9. The Balaban J connectivity index is 1.27. The van der Waals surface area contributed by atoms with E-state index in [9.17, 15) is 19.8 Å². The Hall–Kier alpha value is -3.54. The number of hydrogen-bond donors (Lipinski definition) is 3. The minimum Gasteiger partial charge on any atom is -0.481 e. The van der Waals surface area contributed by atoms with Crippen LogP contribution in [0.25, 0.3) is 27.9 Å². The van der Waals surface area contributed by atoms with Crippen LogP contribution in [-0.4, -0.2) is 62.8 Å². The molecule has 0 radical (unpaired) electrons. The molecule has 0 spiro atoms. The first-order valence-corrected chi connectivity index (χ1v) is 14.1. The van der Waals surface area contributed by atoms with E-state index in [1.807, 2.05) is 37.3 Å². The van der Waals surface area contributed by atoms with E-state index in [0.717, 1.165) is 22.2 Å². The lowest BCUT2D eigenvalue weighted by molar-refractivity contribution is -0.144. The summed E-state index contributed by atoms with van der Waals surface area (Å²) >= 11 is 6.61. The van der Waals surface area contributed by atoms with E-state index >= 15 is 0 Å². The first-order chi connectivity index (χ1) is 19.1. The number of halogens is 1. The molecule has 8 nitrogen and oxygen atoms in total. The highest BCUT2D eigenvalue weighted by Crippen LogP contribution is 2.35. The molecule has 1 aliphatic heterocycles. The molecule has 3 heterocycles. The molecule has 0 saturated carbocycles. The van der Waals surface area contributed by atoms with Crippen molar-refractivity contribution in [2.45, 2.75) is 52.6 Å². The average molecular weight is 564 g/mol. The van der Waals surface area contributed by atoms with E-state index in [0.29, 0.717) is 60.9 Å². The quantitative estimate of drug-likeness (QED) is 0.355. The van der Waals surface area contributed by atoms with Gasteiger partial charge in [-0.2, -0.15) is 0 Å². The number of hydrogen-bond acceptors (Lipinski definition) is 5. The number of aliphatic hydroxyl groups excluding tert-OH is 1. The highest BCUT2D eigenvalue weighted by Gasteiger charge is 2.34. The summed E-state index contributed by atoms with van der Waals surface area (Å²) in [5.74, 6) is -0.572. The Labute approximate surface area is 239 Å². The van der Waals surface area contributed by atoms with Crippen molar-refractivity contribution >= 4 is 40.1 Å². The molecule has 2 atom stereocenters. The third kappa shape index (κ3) is 5.67. The third-order valence-electron chi connectivity index (χ3n) is 8.02. The number of piperidine rings is 1. The van der Waals surface area contributed by atoms with Crippen molar-refractivity contribution in [3.63, 3.8) is 0 Å². The van der Waals surface area contributed by atoms with Crippen LogP contribution in [0, 0.1) is 29.4 Å². The summed E-state index contributed by atoms with van der Waals surface area (Å²) < 4.78 is 6.20. The Morgan fingerprint density at radius 1 is 1.18 bits per heavy atom. The number of carboxylic acid groups (broad SMARTS) is 1. The molecule has 1 aromatic carbocycles. The number of aliphatic carboxylic acids is 1. The first kappa shape index (κ1) is 28.0.